The van der Waals surface area contributed by atoms with Crippen LogP contribution in [0.4, 0.5) is 5.69 Å². The predicted molar refractivity (Wildman–Crippen MR) is 75.3 cm³/mol. The zero-order valence-electron chi connectivity index (χ0n) is 10.9. The van der Waals surface area contributed by atoms with Gasteiger partial charge in [-0.25, -0.2) is 0 Å². The summed E-state index contributed by atoms with van der Waals surface area (Å²) in [4.78, 5) is 49.2. The molecule has 8 nitrogen and oxygen atoms in total. The van der Waals surface area contributed by atoms with Crippen LogP contribution < -0.4 is 16.4 Å². The number of H-pyrrole nitrogens is 2. The van der Waals surface area contributed by atoms with Gasteiger partial charge in [0.25, 0.3) is 0 Å². The molecule has 0 saturated heterocycles. The van der Waals surface area contributed by atoms with E-state index < -0.39 is 17.1 Å². The number of hydrogen-bond acceptors (Lipinski definition) is 4. The van der Waals surface area contributed by atoms with E-state index in [0.29, 0.717) is 16.7 Å². The topological polar surface area (TPSA) is 132 Å². The lowest BCUT2D eigenvalue weighted by molar-refractivity contribution is -0.137. The molecule has 0 bridgehead atoms. The van der Waals surface area contributed by atoms with Gasteiger partial charge in [-0.15, -0.1) is 0 Å². The molecular formula is C13H13N3O5. The minimum Gasteiger partial charge on any atom is -0.481 e. The van der Waals surface area contributed by atoms with Gasteiger partial charge in [0.2, 0.25) is 5.91 Å². The van der Waals surface area contributed by atoms with E-state index in [9.17, 15) is 19.2 Å². The van der Waals surface area contributed by atoms with E-state index in [-0.39, 0.29) is 25.2 Å². The molecule has 1 heterocycles. The van der Waals surface area contributed by atoms with Crippen molar-refractivity contribution in [2.24, 2.45) is 0 Å². The third-order valence-electron chi connectivity index (χ3n) is 2.80. The zero-order chi connectivity index (χ0) is 15.4. The summed E-state index contributed by atoms with van der Waals surface area (Å²) in [6, 6.07) is 4.65. The number of amides is 1. The van der Waals surface area contributed by atoms with Gasteiger partial charge in [-0.1, -0.05) is 0 Å². The number of carbonyl (C=O) groups is 2. The number of carbonyl (C=O) groups excluding carboxylic acids is 1. The third kappa shape index (κ3) is 3.78. The van der Waals surface area contributed by atoms with Crippen molar-refractivity contribution in [3.8, 4) is 0 Å². The van der Waals surface area contributed by atoms with Crippen molar-refractivity contribution in [1.29, 1.82) is 0 Å². The molecule has 0 aliphatic carbocycles. The number of carboxylic acid groups (broad SMARTS) is 1. The Morgan fingerprint density at radius 1 is 1.05 bits per heavy atom. The Morgan fingerprint density at radius 2 is 1.71 bits per heavy atom. The summed E-state index contributed by atoms with van der Waals surface area (Å²) < 4.78 is 0. The summed E-state index contributed by atoms with van der Waals surface area (Å²) in [6.45, 7) is 0. The van der Waals surface area contributed by atoms with Gasteiger partial charge in [0.1, 0.15) is 0 Å². The summed E-state index contributed by atoms with van der Waals surface area (Å²) in [5.74, 6) is -1.27. The lowest BCUT2D eigenvalue weighted by Crippen LogP contribution is -2.28. The molecule has 1 aromatic carbocycles. The Hall–Kier alpha value is -2.90. The summed E-state index contributed by atoms with van der Waals surface area (Å²) in [5, 5.41) is 11.1. The van der Waals surface area contributed by atoms with Crippen molar-refractivity contribution >= 4 is 28.6 Å². The fourth-order valence-corrected chi connectivity index (χ4v) is 1.82. The highest BCUT2D eigenvalue weighted by Gasteiger charge is 2.06. The van der Waals surface area contributed by atoms with E-state index in [0.717, 1.165) is 0 Å². The van der Waals surface area contributed by atoms with Crippen LogP contribution in [0.3, 0.4) is 0 Å². The molecule has 0 fully saturated rings. The summed E-state index contributed by atoms with van der Waals surface area (Å²) in [5.41, 5.74) is -0.225. The van der Waals surface area contributed by atoms with Crippen LogP contribution in [-0.4, -0.2) is 27.0 Å². The molecule has 21 heavy (non-hydrogen) atoms. The summed E-state index contributed by atoms with van der Waals surface area (Å²) in [6.07, 6.45) is 0.269. The highest BCUT2D eigenvalue weighted by Crippen LogP contribution is 2.14. The first-order valence-corrected chi connectivity index (χ1v) is 6.24. The van der Waals surface area contributed by atoms with E-state index in [4.69, 9.17) is 5.11 Å². The standard InChI is InChI=1S/C13H13N3O5/c17-10(2-1-3-11(18)19)14-7-4-5-8-9(6-7)16-13(21)12(20)15-8/h4-6H,1-3H2,(H,14,17)(H,15,20)(H,16,21)(H,18,19). The van der Waals surface area contributed by atoms with Crippen molar-refractivity contribution in [2.45, 2.75) is 19.3 Å². The summed E-state index contributed by atoms with van der Waals surface area (Å²) >= 11 is 0. The van der Waals surface area contributed by atoms with E-state index in [1.807, 2.05) is 0 Å². The van der Waals surface area contributed by atoms with E-state index >= 15 is 0 Å². The molecule has 2 aromatic rings. The van der Waals surface area contributed by atoms with Crippen molar-refractivity contribution in [3.63, 3.8) is 0 Å². The molecule has 0 spiro atoms. The normalized spacial score (nSPS) is 10.5. The highest BCUT2D eigenvalue weighted by atomic mass is 16.4. The second kappa shape index (κ2) is 6.04. The Labute approximate surface area is 117 Å². The number of rotatable bonds is 5. The van der Waals surface area contributed by atoms with Crippen molar-refractivity contribution in [2.75, 3.05) is 5.32 Å². The maximum Gasteiger partial charge on any atom is 0.314 e. The number of anilines is 1. The highest BCUT2D eigenvalue weighted by molar-refractivity contribution is 5.93. The quantitative estimate of drug-likeness (QED) is 0.592. The van der Waals surface area contributed by atoms with Gasteiger partial charge in [0.15, 0.2) is 0 Å². The molecule has 0 saturated carbocycles. The van der Waals surface area contributed by atoms with Gasteiger partial charge in [-0.05, 0) is 24.6 Å². The smallest absolute Gasteiger partial charge is 0.314 e. The Balaban J connectivity index is 2.10. The number of fused-ring (bicyclic) bond motifs is 1. The molecule has 1 aromatic heterocycles. The van der Waals surface area contributed by atoms with Crippen LogP contribution in [0.25, 0.3) is 11.0 Å². The molecule has 0 radical (unpaired) electrons. The van der Waals surface area contributed by atoms with E-state index in [1.54, 1.807) is 12.1 Å². The predicted octanol–water partition coefficient (Wildman–Crippen LogP) is 0.410. The first kappa shape index (κ1) is 14.5. The molecule has 4 N–H and O–H groups in total. The van der Waals surface area contributed by atoms with Crippen molar-refractivity contribution in [3.05, 3.63) is 38.9 Å². The third-order valence-corrected chi connectivity index (χ3v) is 2.80. The van der Waals surface area contributed by atoms with E-state index in [2.05, 4.69) is 15.3 Å². The molecular weight excluding hydrogens is 278 g/mol. The average Bonchev–Trinajstić information content (AvgIpc) is 2.40. The van der Waals surface area contributed by atoms with Crippen LogP contribution in [-0.2, 0) is 9.59 Å². The molecule has 0 aliphatic heterocycles. The number of aromatic amines is 2. The van der Waals surface area contributed by atoms with Crippen molar-refractivity contribution < 1.29 is 14.7 Å². The lowest BCUT2D eigenvalue weighted by atomic mass is 10.2. The monoisotopic (exact) mass is 291 g/mol. The maximum atomic E-state index is 11.6. The van der Waals surface area contributed by atoms with Gasteiger partial charge in [0.05, 0.1) is 11.0 Å². The molecule has 1 amide bonds. The molecule has 8 heteroatoms. The lowest BCUT2D eigenvalue weighted by Gasteiger charge is -2.06. The number of benzene rings is 1. The Bertz CT molecular complexity index is 805. The molecule has 110 valence electrons. The summed E-state index contributed by atoms with van der Waals surface area (Å²) in [7, 11) is 0. The molecule has 2 rings (SSSR count). The van der Waals surface area contributed by atoms with Crippen LogP contribution in [0.1, 0.15) is 19.3 Å². The Kier molecular flexibility index (Phi) is 4.17. The maximum absolute atomic E-state index is 11.6. The molecule has 0 aliphatic rings. The van der Waals surface area contributed by atoms with Gasteiger partial charge in [-0.3, -0.25) is 19.2 Å². The minimum atomic E-state index is -0.949. The molecule has 0 atom stereocenters. The number of aromatic nitrogens is 2. The SMILES string of the molecule is O=C(O)CCCC(=O)Nc1ccc2[nH]c(=O)c(=O)[nH]c2c1. The van der Waals surface area contributed by atoms with Crippen LogP contribution in [0.15, 0.2) is 27.8 Å². The minimum absolute atomic E-state index is 0.0697. The van der Waals surface area contributed by atoms with E-state index in [1.165, 1.54) is 6.07 Å². The van der Waals surface area contributed by atoms with Crippen LogP contribution in [0.2, 0.25) is 0 Å². The largest absolute Gasteiger partial charge is 0.481 e. The number of carboxylic acids is 1. The Morgan fingerprint density at radius 3 is 2.38 bits per heavy atom. The van der Waals surface area contributed by atoms with Gasteiger partial charge >= 0.3 is 17.1 Å². The van der Waals surface area contributed by atoms with Crippen LogP contribution >= 0.6 is 0 Å². The second-order valence-corrected chi connectivity index (χ2v) is 4.46. The van der Waals surface area contributed by atoms with Gasteiger partial charge in [0, 0.05) is 18.5 Å². The number of nitrogens with one attached hydrogen (secondary N) is 3. The zero-order valence-corrected chi connectivity index (χ0v) is 10.9. The first-order valence-electron chi connectivity index (χ1n) is 6.24. The van der Waals surface area contributed by atoms with Crippen LogP contribution in [0.5, 0.6) is 0 Å². The molecule has 0 unspecified atom stereocenters. The van der Waals surface area contributed by atoms with Gasteiger partial charge in [-0.2, -0.15) is 0 Å². The average molecular weight is 291 g/mol. The fourth-order valence-electron chi connectivity index (χ4n) is 1.82. The second-order valence-electron chi connectivity index (χ2n) is 4.46. The number of aliphatic carboxylic acids is 1. The number of hydrogen-bond donors (Lipinski definition) is 4. The fraction of sp³-hybridized carbons (Fsp3) is 0.231. The van der Waals surface area contributed by atoms with Crippen LogP contribution in [0, 0.1) is 0 Å². The van der Waals surface area contributed by atoms with Crippen molar-refractivity contribution in [1.82, 2.24) is 9.97 Å². The first-order chi connectivity index (χ1) is 9.95. The van der Waals surface area contributed by atoms with Gasteiger partial charge < -0.3 is 20.4 Å².